The lowest BCUT2D eigenvalue weighted by Gasteiger charge is -2.11. The van der Waals surface area contributed by atoms with Crippen LogP contribution in [0.1, 0.15) is 29.6 Å². The number of likely N-dealkylation sites (tertiary alicyclic amines) is 1. The Hall–Kier alpha value is -1.16. The molecule has 1 aliphatic rings. The summed E-state index contributed by atoms with van der Waals surface area (Å²) in [7, 11) is 0. The molecular weight excluding hydrogens is 192 g/mol. The third kappa shape index (κ3) is 2.45. The van der Waals surface area contributed by atoms with Crippen LogP contribution in [0, 0.1) is 5.92 Å². The van der Waals surface area contributed by atoms with Gasteiger partial charge in [0.15, 0.2) is 6.29 Å². The lowest BCUT2D eigenvalue weighted by atomic mass is 10.0. The van der Waals surface area contributed by atoms with Crippen LogP contribution in [-0.4, -0.2) is 36.0 Å². The largest absolute Gasteiger partial charge is 0.361 e. The van der Waals surface area contributed by atoms with Crippen molar-refractivity contribution in [2.45, 2.75) is 19.8 Å². The molecule has 1 fully saturated rings. The van der Waals surface area contributed by atoms with Crippen molar-refractivity contribution in [2.75, 3.05) is 19.6 Å². The highest BCUT2D eigenvalue weighted by Gasteiger charge is 2.22. The van der Waals surface area contributed by atoms with E-state index >= 15 is 0 Å². The van der Waals surface area contributed by atoms with Crippen molar-refractivity contribution in [2.24, 2.45) is 5.92 Å². The van der Waals surface area contributed by atoms with Crippen molar-refractivity contribution in [3.8, 4) is 0 Å². The molecule has 1 unspecified atom stereocenters. The van der Waals surface area contributed by atoms with Gasteiger partial charge in [0.05, 0.1) is 0 Å². The SMILES string of the molecule is CCN1CCC(Cc2cc(C=O)no2)C1. The number of aldehydes is 1. The molecule has 1 aliphatic heterocycles. The van der Waals surface area contributed by atoms with E-state index in [0.29, 0.717) is 11.6 Å². The minimum absolute atomic E-state index is 0.398. The van der Waals surface area contributed by atoms with Crippen LogP contribution < -0.4 is 0 Å². The molecule has 1 aromatic rings. The zero-order chi connectivity index (χ0) is 10.7. The molecule has 82 valence electrons. The third-order valence-electron chi connectivity index (χ3n) is 3.00. The molecular formula is C11H16N2O2. The van der Waals surface area contributed by atoms with Gasteiger partial charge in [-0.05, 0) is 25.4 Å². The number of hydrogen-bond donors (Lipinski definition) is 0. The first kappa shape index (κ1) is 10.4. The monoisotopic (exact) mass is 208 g/mol. The fraction of sp³-hybridized carbons (Fsp3) is 0.636. The van der Waals surface area contributed by atoms with Crippen molar-refractivity contribution in [3.05, 3.63) is 17.5 Å². The Balaban J connectivity index is 1.89. The smallest absolute Gasteiger partial charge is 0.171 e. The molecule has 0 amide bonds. The van der Waals surface area contributed by atoms with Crippen LogP contribution in [0.2, 0.25) is 0 Å². The topological polar surface area (TPSA) is 46.3 Å². The second kappa shape index (κ2) is 4.57. The molecule has 4 nitrogen and oxygen atoms in total. The molecule has 1 saturated heterocycles. The lowest BCUT2D eigenvalue weighted by Crippen LogP contribution is -2.20. The van der Waals surface area contributed by atoms with Crippen LogP contribution in [0.25, 0.3) is 0 Å². The standard InChI is InChI=1S/C11H16N2O2/c1-2-13-4-3-9(7-13)5-11-6-10(8-14)12-15-11/h6,8-9H,2-5,7H2,1H3. The summed E-state index contributed by atoms with van der Waals surface area (Å²) in [4.78, 5) is 12.9. The summed E-state index contributed by atoms with van der Waals surface area (Å²) in [6.07, 6.45) is 2.84. The van der Waals surface area contributed by atoms with Gasteiger partial charge in [0.1, 0.15) is 11.5 Å². The van der Waals surface area contributed by atoms with Crippen LogP contribution in [0.15, 0.2) is 10.6 Å². The number of nitrogens with zero attached hydrogens (tertiary/aromatic N) is 2. The summed E-state index contributed by atoms with van der Waals surface area (Å²) in [6.45, 7) is 5.61. The van der Waals surface area contributed by atoms with Crippen LogP contribution in [0.4, 0.5) is 0 Å². The van der Waals surface area contributed by atoms with Crippen molar-refractivity contribution < 1.29 is 9.32 Å². The summed E-state index contributed by atoms with van der Waals surface area (Å²) >= 11 is 0. The highest BCUT2D eigenvalue weighted by molar-refractivity contribution is 5.71. The summed E-state index contributed by atoms with van der Waals surface area (Å²) in [5.41, 5.74) is 0.398. The summed E-state index contributed by atoms with van der Waals surface area (Å²) in [5, 5.41) is 3.66. The van der Waals surface area contributed by atoms with Gasteiger partial charge >= 0.3 is 0 Å². The Morgan fingerprint density at radius 3 is 3.20 bits per heavy atom. The van der Waals surface area contributed by atoms with E-state index in [-0.39, 0.29) is 0 Å². The molecule has 2 rings (SSSR count). The maximum absolute atomic E-state index is 10.4. The molecule has 1 atom stereocenters. The molecule has 0 spiro atoms. The average Bonchev–Trinajstić information content (AvgIpc) is 2.87. The molecule has 1 aromatic heterocycles. The fourth-order valence-corrected chi connectivity index (χ4v) is 2.13. The molecule has 0 radical (unpaired) electrons. The summed E-state index contributed by atoms with van der Waals surface area (Å²) in [5.74, 6) is 1.48. The molecule has 0 aromatic carbocycles. The van der Waals surface area contributed by atoms with Crippen LogP contribution >= 0.6 is 0 Å². The van der Waals surface area contributed by atoms with Gasteiger partial charge in [0.2, 0.25) is 0 Å². The van der Waals surface area contributed by atoms with E-state index in [0.717, 1.165) is 31.6 Å². The molecule has 2 heterocycles. The van der Waals surface area contributed by atoms with Gasteiger partial charge in [0, 0.05) is 19.0 Å². The number of hydrogen-bond acceptors (Lipinski definition) is 4. The minimum atomic E-state index is 0.398. The van der Waals surface area contributed by atoms with Gasteiger partial charge in [-0.25, -0.2) is 0 Å². The third-order valence-corrected chi connectivity index (χ3v) is 3.00. The van der Waals surface area contributed by atoms with Gasteiger partial charge in [0.25, 0.3) is 0 Å². The minimum Gasteiger partial charge on any atom is -0.361 e. The zero-order valence-electron chi connectivity index (χ0n) is 8.98. The number of carbonyl (C=O) groups is 1. The van der Waals surface area contributed by atoms with Crippen molar-refractivity contribution in [1.82, 2.24) is 10.1 Å². The fourth-order valence-electron chi connectivity index (χ4n) is 2.13. The van der Waals surface area contributed by atoms with Gasteiger partial charge in [-0.1, -0.05) is 12.1 Å². The van der Waals surface area contributed by atoms with E-state index in [9.17, 15) is 4.79 Å². The van der Waals surface area contributed by atoms with Crippen molar-refractivity contribution in [1.29, 1.82) is 0 Å². The second-order valence-electron chi connectivity index (χ2n) is 4.09. The van der Waals surface area contributed by atoms with E-state index in [2.05, 4.69) is 17.0 Å². The van der Waals surface area contributed by atoms with E-state index in [1.165, 1.54) is 13.0 Å². The lowest BCUT2D eigenvalue weighted by molar-refractivity contribution is 0.111. The maximum Gasteiger partial charge on any atom is 0.171 e. The highest BCUT2D eigenvalue weighted by Crippen LogP contribution is 2.20. The number of rotatable bonds is 4. The predicted molar refractivity (Wildman–Crippen MR) is 55.8 cm³/mol. The molecule has 0 bridgehead atoms. The van der Waals surface area contributed by atoms with Gasteiger partial charge in [-0.3, -0.25) is 4.79 Å². The number of aromatic nitrogens is 1. The van der Waals surface area contributed by atoms with Gasteiger partial charge in [-0.15, -0.1) is 0 Å². The molecule has 4 heteroatoms. The first-order chi connectivity index (χ1) is 7.31. The first-order valence-corrected chi connectivity index (χ1v) is 5.45. The predicted octanol–water partition coefficient (Wildman–Crippen LogP) is 1.37. The molecule has 0 aliphatic carbocycles. The summed E-state index contributed by atoms with van der Waals surface area (Å²) < 4.78 is 5.09. The Morgan fingerprint density at radius 1 is 1.73 bits per heavy atom. The molecule has 15 heavy (non-hydrogen) atoms. The van der Waals surface area contributed by atoms with E-state index < -0.39 is 0 Å². The molecule has 0 saturated carbocycles. The van der Waals surface area contributed by atoms with Crippen molar-refractivity contribution in [3.63, 3.8) is 0 Å². The van der Waals surface area contributed by atoms with Gasteiger partial charge in [-0.2, -0.15) is 0 Å². The Labute approximate surface area is 89.2 Å². The quantitative estimate of drug-likeness (QED) is 0.701. The van der Waals surface area contributed by atoms with Gasteiger partial charge < -0.3 is 9.42 Å². The average molecular weight is 208 g/mol. The van der Waals surface area contributed by atoms with Crippen LogP contribution in [0.5, 0.6) is 0 Å². The van der Waals surface area contributed by atoms with E-state index in [4.69, 9.17) is 4.52 Å². The molecule has 0 N–H and O–H groups in total. The van der Waals surface area contributed by atoms with Crippen molar-refractivity contribution >= 4 is 6.29 Å². The van der Waals surface area contributed by atoms with E-state index in [1.54, 1.807) is 6.07 Å². The Kier molecular flexibility index (Phi) is 3.16. The van der Waals surface area contributed by atoms with E-state index in [1.807, 2.05) is 0 Å². The summed E-state index contributed by atoms with van der Waals surface area (Å²) in [6, 6.07) is 1.74. The Morgan fingerprint density at radius 2 is 2.60 bits per heavy atom. The second-order valence-corrected chi connectivity index (χ2v) is 4.09. The van der Waals surface area contributed by atoms with Crippen LogP contribution in [-0.2, 0) is 6.42 Å². The highest BCUT2D eigenvalue weighted by atomic mass is 16.5. The first-order valence-electron chi connectivity index (χ1n) is 5.45. The Bertz CT molecular complexity index is 335. The van der Waals surface area contributed by atoms with Crippen LogP contribution in [0.3, 0.4) is 0 Å². The zero-order valence-corrected chi connectivity index (χ0v) is 8.98. The number of carbonyl (C=O) groups excluding carboxylic acids is 1. The maximum atomic E-state index is 10.4. The normalized spacial score (nSPS) is 22.1.